The predicted octanol–water partition coefficient (Wildman–Crippen LogP) is 15.1. The van der Waals surface area contributed by atoms with Crippen molar-refractivity contribution in [2.75, 3.05) is 13.2 Å². The lowest BCUT2D eigenvalue weighted by molar-refractivity contribution is -0.167. The second-order valence-electron chi connectivity index (χ2n) is 15.7. The molecule has 0 N–H and O–H groups in total. The van der Waals surface area contributed by atoms with E-state index in [1.54, 1.807) is 0 Å². The smallest absolute Gasteiger partial charge is 0.306 e. The lowest BCUT2D eigenvalue weighted by Gasteiger charge is -2.18. The number of hydrogen-bond donors (Lipinski definition) is 0. The van der Waals surface area contributed by atoms with E-state index in [4.69, 9.17) is 14.2 Å². The third-order valence-corrected chi connectivity index (χ3v) is 10.0. The van der Waals surface area contributed by atoms with Crippen LogP contribution in [0.4, 0.5) is 0 Å². The fourth-order valence-electron chi connectivity index (χ4n) is 6.41. The van der Waals surface area contributed by atoms with Crippen molar-refractivity contribution in [3.63, 3.8) is 0 Å². The SMILES string of the molecule is CCC/C=C\CCCCCCCC(=O)OCC(COC(=O)CCCCCCC/C=C\C/C=C\CCCCC)OC(=O)CCCCCCC/C=C\CCCCCC. The maximum absolute atomic E-state index is 12.7. The van der Waals surface area contributed by atoms with Crippen LogP contribution in [0.5, 0.6) is 0 Å². The van der Waals surface area contributed by atoms with Crippen LogP contribution in [0.3, 0.4) is 0 Å². The first-order valence-corrected chi connectivity index (χ1v) is 23.6. The van der Waals surface area contributed by atoms with E-state index in [0.717, 1.165) is 103 Å². The standard InChI is InChI=1S/C50H88O6/c1-4-7-10-13-16-19-22-24-25-27-28-31-34-37-40-43-49(52)55-46-47(45-54-48(51)42-39-36-33-30-21-18-15-12-9-6-3)56-50(53)44-41-38-35-32-29-26-23-20-17-14-11-8-5-2/h12,15-16,19-20,23-25,47H,4-11,13-14,17-18,21-22,26-46H2,1-3H3/b15-12-,19-16-,23-20-,25-24-. The summed E-state index contributed by atoms with van der Waals surface area (Å²) in [7, 11) is 0. The highest BCUT2D eigenvalue weighted by Gasteiger charge is 2.19. The summed E-state index contributed by atoms with van der Waals surface area (Å²) in [5.74, 6) is -0.919. The quantitative estimate of drug-likeness (QED) is 0.0265. The maximum atomic E-state index is 12.7. The number of carbonyl (C=O) groups excluding carboxylic acids is 3. The molecule has 56 heavy (non-hydrogen) atoms. The van der Waals surface area contributed by atoms with Gasteiger partial charge in [0.1, 0.15) is 13.2 Å². The minimum Gasteiger partial charge on any atom is -0.462 e. The molecular formula is C50H88O6. The van der Waals surface area contributed by atoms with Gasteiger partial charge in [-0.15, -0.1) is 0 Å². The zero-order valence-electron chi connectivity index (χ0n) is 36.9. The molecule has 0 aromatic carbocycles. The summed E-state index contributed by atoms with van der Waals surface area (Å²) in [6, 6.07) is 0. The Morgan fingerprint density at radius 2 is 0.679 bits per heavy atom. The van der Waals surface area contributed by atoms with Crippen molar-refractivity contribution in [1.29, 1.82) is 0 Å². The van der Waals surface area contributed by atoms with E-state index >= 15 is 0 Å². The van der Waals surface area contributed by atoms with Gasteiger partial charge in [0.25, 0.3) is 0 Å². The van der Waals surface area contributed by atoms with Crippen LogP contribution in [0, 0.1) is 0 Å². The molecule has 0 aliphatic rings. The molecule has 6 heteroatoms. The number of ether oxygens (including phenoxy) is 3. The van der Waals surface area contributed by atoms with E-state index in [9.17, 15) is 14.4 Å². The fourth-order valence-corrected chi connectivity index (χ4v) is 6.41. The number of carbonyl (C=O) groups is 3. The van der Waals surface area contributed by atoms with Crippen molar-refractivity contribution >= 4 is 17.9 Å². The molecule has 0 heterocycles. The molecule has 0 fully saturated rings. The van der Waals surface area contributed by atoms with Gasteiger partial charge >= 0.3 is 17.9 Å². The van der Waals surface area contributed by atoms with Gasteiger partial charge in [0, 0.05) is 19.3 Å². The van der Waals surface area contributed by atoms with Gasteiger partial charge in [0.2, 0.25) is 0 Å². The van der Waals surface area contributed by atoms with Crippen molar-refractivity contribution < 1.29 is 28.6 Å². The highest BCUT2D eigenvalue weighted by Crippen LogP contribution is 2.13. The monoisotopic (exact) mass is 785 g/mol. The van der Waals surface area contributed by atoms with Crippen LogP contribution < -0.4 is 0 Å². The molecule has 0 aromatic heterocycles. The lowest BCUT2D eigenvalue weighted by atomic mass is 10.1. The first-order chi connectivity index (χ1) is 27.5. The number of allylic oxidation sites excluding steroid dienone is 8. The third kappa shape index (κ3) is 42.5. The van der Waals surface area contributed by atoms with E-state index in [2.05, 4.69) is 69.4 Å². The molecule has 0 saturated carbocycles. The first-order valence-electron chi connectivity index (χ1n) is 23.6. The summed E-state index contributed by atoms with van der Waals surface area (Å²) in [5.41, 5.74) is 0. The molecule has 0 aliphatic carbocycles. The van der Waals surface area contributed by atoms with Crippen molar-refractivity contribution in [3.05, 3.63) is 48.6 Å². The largest absolute Gasteiger partial charge is 0.462 e. The van der Waals surface area contributed by atoms with Gasteiger partial charge in [-0.3, -0.25) is 14.4 Å². The molecule has 0 radical (unpaired) electrons. The van der Waals surface area contributed by atoms with Crippen molar-refractivity contribution in [2.24, 2.45) is 0 Å². The van der Waals surface area contributed by atoms with Crippen molar-refractivity contribution in [2.45, 2.75) is 239 Å². The minimum atomic E-state index is -0.783. The summed E-state index contributed by atoms with van der Waals surface area (Å²) < 4.78 is 16.7. The predicted molar refractivity (Wildman–Crippen MR) is 238 cm³/mol. The molecule has 6 nitrogen and oxygen atoms in total. The van der Waals surface area contributed by atoms with E-state index in [1.165, 1.54) is 89.9 Å². The molecule has 0 aromatic rings. The van der Waals surface area contributed by atoms with Crippen LogP contribution in [0.1, 0.15) is 233 Å². The lowest BCUT2D eigenvalue weighted by Crippen LogP contribution is -2.30. The van der Waals surface area contributed by atoms with Crippen LogP contribution in [0.15, 0.2) is 48.6 Å². The molecule has 324 valence electrons. The minimum absolute atomic E-state index is 0.0856. The average Bonchev–Trinajstić information content (AvgIpc) is 3.19. The molecule has 0 aliphatic heterocycles. The zero-order chi connectivity index (χ0) is 40.8. The molecule has 0 rings (SSSR count). The summed E-state index contributed by atoms with van der Waals surface area (Å²) in [6.45, 7) is 6.50. The van der Waals surface area contributed by atoms with Crippen LogP contribution in [0.25, 0.3) is 0 Å². The van der Waals surface area contributed by atoms with Crippen molar-refractivity contribution in [3.8, 4) is 0 Å². The van der Waals surface area contributed by atoms with Gasteiger partial charge in [-0.05, 0) is 96.3 Å². The second-order valence-corrected chi connectivity index (χ2v) is 15.7. The molecule has 0 saturated heterocycles. The highest BCUT2D eigenvalue weighted by atomic mass is 16.6. The summed E-state index contributed by atoms with van der Waals surface area (Å²) in [6.07, 6.45) is 52.3. The Morgan fingerprint density at radius 3 is 1.11 bits per heavy atom. The number of rotatable bonds is 42. The Hall–Kier alpha value is -2.63. The van der Waals surface area contributed by atoms with Gasteiger partial charge in [-0.2, -0.15) is 0 Å². The molecule has 0 amide bonds. The van der Waals surface area contributed by atoms with E-state index in [0.29, 0.717) is 19.3 Å². The summed E-state index contributed by atoms with van der Waals surface area (Å²) in [4.78, 5) is 37.7. The molecule has 0 spiro atoms. The number of esters is 3. The number of hydrogen-bond acceptors (Lipinski definition) is 6. The van der Waals surface area contributed by atoms with E-state index in [1.807, 2.05) is 0 Å². The van der Waals surface area contributed by atoms with Crippen LogP contribution >= 0.6 is 0 Å². The normalized spacial score (nSPS) is 12.4. The Kier molecular flexibility index (Phi) is 43.0. The van der Waals surface area contributed by atoms with Gasteiger partial charge in [-0.1, -0.05) is 166 Å². The summed E-state index contributed by atoms with van der Waals surface area (Å²) in [5, 5.41) is 0. The van der Waals surface area contributed by atoms with Gasteiger partial charge in [0.15, 0.2) is 6.10 Å². The van der Waals surface area contributed by atoms with E-state index in [-0.39, 0.29) is 31.1 Å². The Bertz CT molecular complexity index is 996. The average molecular weight is 785 g/mol. The third-order valence-electron chi connectivity index (χ3n) is 10.0. The zero-order valence-corrected chi connectivity index (χ0v) is 36.9. The topological polar surface area (TPSA) is 78.9 Å². The Balaban J connectivity index is 4.40. The summed E-state index contributed by atoms with van der Waals surface area (Å²) >= 11 is 0. The van der Waals surface area contributed by atoms with Gasteiger partial charge < -0.3 is 14.2 Å². The molecular weight excluding hydrogens is 697 g/mol. The number of unbranched alkanes of at least 4 members (excludes halogenated alkanes) is 23. The molecule has 1 unspecified atom stereocenters. The molecule has 1 atom stereocenters. The first kappa shape index (κ1) is 53.4. The Labute approximate surface area is 346 Å². The Morgan fingerprint density at radius 1 is 0.357 bits per heavy atom. The van der Waals surface area contributed by atoms with Crippen LogP contribution in [-0.4, -0.2) is 37.2 Å². The van der Waals surface area contributed by atoms with Crippen LogP contribution in [-0.2, 0) is 28.6 Å². The van der Waals surface area contributed by atoms with Gasteiger partial charge in [0.05, 0.1) is 0 Å². The maximum Gasteiger partial charge on any atom is 0.306 e. The van der Waals surface area contributed by atoms with Crippen molar-refractivity contribution in [1.82, 2.24) is 0 Å². The molecule has 0 bridgehead atoms. The van der Waals surface area contributed by atoms with E-state index < -0.39 is 6.10 Å². The fraction of sp³-hybridized carbons (Fsp3) is 0.780. The highest BCUT2D eigenvalue weighted by molar-refractivity contribution is 5.71. The van der Waals surface area contributed by atoms with Gasteiger partial charge in [-0.25, -0.2) is 0 Å². The second kappa shape index (κ2) is 45.1. The van der Waals surface area contributed by atoms with Crippen LogP contribution in [0.2, 0.25) is 0 Å².